The van der Waals surface area contributed by atoms with Crippen LogP contribution in [0.3, 0.4) is 0 Å². The molecule has 2 heterocycles. The van der Waals surface area contributed by atoms with Gasteiger partial charge >= 0.3 is 0 Å². The molecule has 0 saturated heterocycles. The average Bonchev–Trinajstić information content (AvgIpc) is 2.99. The minimum absolute atomic E-state index is 0.0309. The van der Waals surface area contributed by atoms with E-state index < -0.39 is 10.0 Å². The average molecular weight is 341 g/mol. The van der Waals surface area contributed by atoms with Crippen LogP contribution in [0.15, 0.2) is 40.7 Å². The van der Waals surface area contributed by atoms with Crippen molar-refractivity contribution < 1.29 is 8.42 Å². The number of thiocarbonyl (C=S) groups is 1. The van der Waals surface area contributed by atoms with Crippen molar-refractivity contribution in [2.45, 2.75) is 17.9 Å². The second-order valence-electron chi connectivity index (χ2n) is 4.43. The number of nitrogens with two attached hydrogens (primary N) is 1. The zero-order valence-electron chi connectivity index (χ0n) is 11.6. The number of pyridine rings is 1. The van der Waals surface area contributed by atoms with Gasteiger partial charge in [-0.05, 0) is 30.5 Å². The highest BCUT2D eigenvalue weighted by molar-refractivity contribution is 7.89. The molecule has 2 N–H and O–H groups in total. The fourth-order valence-electron chi connectivity index (χ4n) is 1.86. The monoisotopic (exact) mass is 341 g/mol. The Balaban J connectivity index is 2.45. The molecule has 0 spiro atoms. The third kappa shape index (κ3) is 3.13. The van der Waals surface area contributed by atoms with Crippen LogP contribution in [0.1, 0.15) is 23.5 Å². The second-order valence-corrected chi connectivity index (χ2v) is 7.81. The van der Waals surface area contributed by atoms with E-state index in [-0.39, 0.29) is 21.6 Å². The van der Waals surface area contributed by atoms with E-state index in [2.05, 4.69) is 4.98 Å². The predicted molar refractivity (Wildman–Crippen MR) is 87.8 cm³/mol. The van der Waals surface area contributed by atoms with Gasteiger partial charge in [-0.3, -0.25) is 4.98 Å². The number of rotatable bonds is 5. The minimum atomic E-state index is -3.73. The van der Waals surface area contributed by atoms with Crippen LogP contribution < -0.4 is 5.73 Å². The Morgan fingerprint density at radius 3 is 2.71 bits per heavy atom. The topological polar surface area (TPSA) is 76.3 Å². The van der Waals surface area contributed by atoms with Crippen LogP contribution in [0.25, 0.3) is 0 Å². The number of aromatic nitrogens is 1. The Labute approximate surface area is 133 Å². The van der Waals surface area contributed by atoms with E-state index in [1.54, 1.807) is 6.07 Å². The van der Waals surface area contributed by atoms with Crippen LogP contribution in [-0.2, 0) is 10.0 Å². The number of sulfonamides is 1. The molecule has 0 fully saturated rings. The van der Waals surface area contributed by atoms with E-state index in [4.69, 9.17) is 18.0 Å². The molecule has 0 aliphatic rings. The molecule has 0 saturated carbocycles. The first kappa shape index (κ1) is 16.0. The molecule has 0 aromatic carbocycles. The molecule has 0 bridgehead atoms. The number of hydrogen-bond donors (Lipinski definition) is 1. The van der Waals surface area contributed by atoms with Crippen LogP contribution >= 0.6 is 23.6 Å². The molecule has 21 heavy (non-hydrogen) atoms. The first-order chi connectivity index (χ1) is 9.85. The molecule has 5 nitrogen and oxygen atoms in total. The van der Waals surface area contributed by atoms with Crippen molar-refractivity contribution in [3.8, 4) is 0 Å². The summed E-state index contributed by atoms with van der Waals surface area (Å²) in [7, 11) is -2.19. The molecule has 0 aliphatic carbocycles. The molecule has 2 aromatic rings. The van der Waals surface area contributed by atoms with Gasteiger partial charge in [0.1, 0.15) is 15.6 Å². The molecule has 0 amide bonds. The first-order valence-electron chi connectivity index (χ1n) is 6.12. The lowest BCUT2D eigenvalue weighted by molar-refractivity contribution is 0.402. The van der Waals surface area contributed by atoms with E-state index >= 15 is 0 Å². The van der Waals surface area contributed by atoms with Crippen molar-refractivity contribution in [3.63, 3.8) is 0 Å². The number of hydrogen-bond acceptors (Lipinski definition) is 5. The minimum Gasteiger partial charge on any atom is -0.388 e. The summed E-state index contributed by atoms with van der Waals surface area (Å²) in [6.07, 6.45) is 1.47. The lowest BCUT2D eigenvalue weighted by atomic mass is 10.3. The highest BCUT2D eigenvalue weighted by Gasteiger charge is 2.29. The van der Waals surface area contributed by atoms with Gasteiger partial charge in [-0.25, -0.2) is 8.42 Å². The summed E-state index contributed by atoms with van der Waals surface area (Å²) in [5.41, 5.74) is 5.69. The lowest BCUT2D eigenvalue weighted by Crippen LogP contribution is -2.31. The Kier molecular flexibility index (Phi) is 4.72. The summed E-state index contributed by atoms with van der Waals surface area (Å²) in [5, 5.41) is 1.91. The van der Waals surface area contributed by atoms with Gasteiger partial charge in [-0.15, -0.1) is 11.3 Å². The van der Waals surface area contributed by atoms with Crippen LogP contribution in [0, 0.1) is 0 Å². The molecule has 2 aromatic heterocycles. The molecule has 2 rings (SSSR count). The van der Waals surface area contributed by atoms with Gasteiger partial charge in [0.2, 0.25) is 10.0 Å². The van der Waals surface area contributed by atoms with E-state index in [1.807, 2.05) is 24.4 Å². The summed E-state index contributed by atoms with van der Waals surface area (Å²) in [6, 6.07) is 6.53. The maximum absolute atomic E-state index is 12.8. The third-order valence-electron chi connectivity index (χ3n) is 3.16. The zero-order valence-corrected chi connectivity index (χ0v) is 14.0. The largest absolute Gasteiger partial charge is 0.388 e. The van der Waals surface area contributed by atoms with Gasteiger partial charge in [0, 0.05) is 18.1 Å². The van der Waals surface area contributed by atoms with Crippen molar-refractivity contribution in [1.82, 2.24) is 9.29 Å². The van der Waals surface area contributed by atoms with Crippen molar-refractivity contribution in [2.24, 2.45) is 5.73 Å². The van der Waals surface area contributed by atoms with E-state index in [1.165, 1.54) is 35.0 Å². The summed E-state index contributed by atoms with van der Waals surface area (Å²) < 4.78 is 26.8. The van der Waals surface area contributed by atoms with Crippen LogP contribution in [0.2, 0.25) is 0 Å². The number of thiophene rings is 1. The summed E-state index contributed by atoms with van der Waals surface area (Å²) in [4.78, 5) is 4.93. The van der Waals surface area contributed by atoms with Crippen molar-refractivity contribution >= 4 is 38.6 Å². The summed E-state index contributed by atoms with van der Waals surface area (Å²) in [6.45, 7) is 1.83. The van der Waals surface area contributed by atoms with Crippen LogP contribution in [-0.4, -0.2) is 29.7 Å². The quantitative estimate of drug-likeness (QED) is 0.844. The fourth-order valence-corrected chi connectivity index (χ4v) is 4.47. The van der Waals surface area contributed by atoms with Gasteiger partial charge < -0.3 is 5.73 Å². The lowest BCUT2D eigenvalue weighted by Gasteiger charge is -2.24. The van der Waals surface area contributed by atoms with Crippen molar-refractivity contribution in [2.75, 3.05) is 7.05 Å². The SMILES string of the molecule is CC(c1cccs1)N(C)S(=O)(=O)c1cccnc1C(N)=S. The summed E-state index contributed by atoms with van der Waals surface area (Å²) in [5.74, 6) is 0. The molecule has 0 aliphatic heterocycles. The molecule has 1 unspecified atom stereocenters. The molecule has 1 atom stereocenters. The Bertz CT molecular complexity index is 742. The Hall–Kier alpha value is -1.35. The van der Waals surface area contributed by atoms with Crippen LogP contribution in [0.5, 0.6) is 0 Å². The maximum atomic E-state index is 12.8. The van der Waals surface area contributed by atoms with E-state index in [0.717, 1.165) is 4.88 Å². The number of nitrogens with zero attached hydrogens (tertiary/aromatic N) is 2. The molecule has 112 valence electrons. The maximum Gasteiger partial charge on any atom is 0.245 e. The Morgan fingerprint density at radius 1 is 1.43 bits per heavy atom. The van der Waals surface area contributed by atoms with Crippen molar-refractivity contribution in [3.05, 3.63) is 46.4 Å². The molecule has 0 radical (unpaired) electrons. The first-order valence-corrected chi connectivity index (χ1v) is 8.84. The van der Waals surface area contributed by atoms with Crippen LogP contribution in [0.4, 0.5) is 0 Å². The normalized spacial score (nSPS) is 13.3. The van der Waals surface area contributed by atoms with Crippen molar-refractivity contribution in [1.29, 1.82) is 0 Å². The molecular weight excluding hydrogens is 326 g/mol. The van der Waals surface area contributed by atoms with Gasteiger partial charge in [0.15, 0.2) is 0 Å². The van der Waals surface area contributed by atoms with E-state index in [0.29, 0.717) is 0 Å². The van der Waals surface area contributed by atoms with Gasteiger partial charge in [0.05, 0.1) is 6.04 Å². The van der Waals surface area contributed by atoms with Gasteiger partial charge in [0.25, 0.3) is 0 Å². The highest BCUT2D eigenvalue weighted by Crippen LogP contribution is 2.29. The smallest absolute Gasteiger partial charge is 0.245 e. The predicted octanol–water partition coefficient (Wildman–Crippen LogP) is 2.16. The third-order valence-corrected chi connectivity index (χ3v) is 6.36. The highest BCUT2D eigenvalue weighted by atomic mass is 32.2. The second kappa shape index (κ2) is 6.18. The summed E-state index contributed by atoms with van der Waals surface area (Å²) >= 11 is 6.39. The van der Waals surface area contributed by atoms with Gasteiger partial charge in [-0.1, -0.05) is 18.3 Å². The molecule has 8 heteroatoms. The zero-order chi connectivity index (χ0) is 15.6. The Morgan fingerprint density at radius 2 is 2.14 bits per heavy atom. The molecular formula is C13H15N3O2S3. The van der Waals surface area contributed by atoms with E-state index in [9.17, 15) is 8.42 Å². The van der Waals surface area contributed by atoms with Gasteiger partial charge in [-0.2, -0.15) is 4.31 Å². The standard InChI is InChI=1S/C13H15N3O2S3/c1-9(10-5-4-8-20-10)16(2)21(17,18)11-6-3-7-15-12(11)13(14)19/h3-9H,1-2H3,(H2,14,19). The fraction of sp³-hybridized carbons (Fsp3) is 0.231.